The van der Waals surface area contributed by atoms with Crippen LogP contribution in [-0.4, -0.2) is 11.5 Å². The predicted octanol–water partition coefficient (Wildman–Crippen LogP) is 3.92. The Bertz CT molecular complexity index is 665. The van der Waals surface area contributed by atoms with Crippen molar-refractivity contribution in [1.29, 1.82) is 0 Å². The van der Waals surface area contributed by atoms with Gasteiger partial charge in [0.05, 0.1) is 16.5 Å². The molecule has 1 aromatic heterocycles. The highest BCUT2D eigenvalue weighted by Gasteiger charge is 2.19. The number of aryl methyl sites for hydroxylation is 1. The third-order valence-corrected chi connectivity index (χ3v) is 4.19. The molecule has 106 valence electrons. The van der Waals surface area contributed by atoms with E-state index in [1.165, 1.54) is 17.4 Å². The average molecular weight is 292 g/mol. The Morgan fingerprint density at radius 3 is 2.60 bits per heavy atom. The monoisotopic (exact) mass is 292 g/mol. The molecule has 0 fully saturated rings. The number of thiophene rings is 1. The van der Waals surface area contributed by atoms with E-state index in [1.54, 1.807) is 13.0 Å². The first-order valence-electron chi connectivity index (χ1n) is 6.22. The molecule has 0 aliphatic rings. The van der Waals surface area contributed by atoms with Crippen molar-refractivity contribution in [2.45, 2.75) is 20.8 Å². The highest BCUT2D eigenvalue weighted by Crippen LogP contribution is 2.41. The Morgan fingerprint density at radius 1 is 1.40 bits per heavy atom. The summed E-state index contributed by atoms with van der Waals surface area (Å²) < 4.78 is 5.28. The molecule has 0 spiro atoms. The first kappa shape index (κ1) is 14.3. The summed E-state index contributed by atoms with van der Waals surface area (Å²) >= 11 is 1.50. The molecular weight excluding hydrogens is 276 g/mol. The van der Waals surface area contributed by atoms with E-state index < -0.39 is 4.92 Å². The number of hydrogen-bond donors (Lipinski definition) is 1. The maximum absolute atomic E-state index is 11.2. The molecule has 0 atom stereocenters. The Morgan fingerprint density at radius 2 is 2.10 bits per heavy atom. The Labute approximate surface area is 121 Å². The number of nitrogens with two attached hydrogens (primary N) is 1. The van der Waals surface area contributed by atoms with Crippen LogP contribution in [-0.2, 0) is 0 Å². The topological polar surface area (TPSA) is 78.4 Å². The molecule has 0 unspecified atom stereocenters. The Balaban J connectivity index is 2.59. The number of nitrogens with zero attached hydrogens (tertiary/aromatic N) is 1. The summed E-state index contributed by atoms with van der Waals surface area (Å²) in [5, 5.41) is 11.8. The number of ether oxygens (including phenoxy) is 1. The number of rotatable bonds is 4. The molecule has 6 heteroatoms. The quantitative estimate of drug-likeness (QED) is 0.684. The van der Waals surface area contributed by atoms with E-state index in [2.05, 4.69) is 0 Å². The number of nitro groups is 1. The fourth-order valence-corrected chi connectivity index (χ4v) is 3.06. The van der Waals surface area contributed by atoms with Crippen LogP contribution in [0.15, 0.2) is 18.2 Å². The summed E-state index contributed by atoms with van der Waals surface area (Å²) in [4.78, 5) is 11.8. The molecule has 2 N–H and O–H groups in total. The molecule has 2 rings (SSSR count). The molecule has 1 aromatic carbocycles. The number of hydrogen-bond acceptors (Lipinski definition) is 5. The van der Waals surface area contributed by atoms with Gasteiger partial charge in [0.25, 0.3) is 0 Å². The molecule has 0 saturated heterocycles. The molecule has 0 amide bonds. The van der Waals surface area contributed by atoms with Crippen molar-refractivity contribution in [3.8, 4) is 16.9 Å². The van der Waals surface area contributed by atoms with E-state index in [1.807, 2.05) is 19.9 Å². The van der Waals surface area contributed by atoms with E-state index in [0.29, 0.717) is 11.6 Å². The summed E-state index contributed by atoms with van der Waals surface area (Å²) in [7, 11) is 0. The molecule has 2 aromatic rings. The van der Waals surface area contributed by atoms with E-state index in [4.69, 9.17) is 10.5 Å². The SMILES string of the molecule is CCOc1ccc(-c2c(N)sc(C)c2C)cc1[N+](=O)[O-]. The lowest BCUT2D eigenvalue weighted by Gasteiger charge is -2.07. The van der Waals surface area contributed by atoms with E-state index in [0.717, 1.165) is 21.6 Å². The Kier molecular flexibility index (Phi) is 3.94. The van der Waals surface area contributed by atoms with E-state index in [-0.39, 0.29) is 11.4 Å². The van der Waals surface area contributed by atoms with Crippen molar-refractivity contribution in [2.75, 3.05) is 12.3 Å². The number of anilines is 1. The highest BCUT2D eigenvalue weighted by atomic mass is 32.1. The van der Waals surface area contributed by atoms with Gasteiger partial charge < -0.3 is 10.5 Å². The second-order valence-corrected chi connectivity index (χ2v) is 5.65. The summed E-state index contributed by atoms with van der Waals surface area (Å²) in [6.45, 7) is 6.14. The fourth-order valence-electron chi connectivity index (χ4n) is 2.11. The molecule has 0 saturated carbocycles. The number of benzene rings is 1. The summed E-state index contributed by atoms with van der Waals surface area (Å²) in [5.41, 5.74) is 8.66. The Hall–Kier alpha value is -2.08. The van der Waals surface area contributed by atoms with Crippen molar-refractivity contribution in [2.24, 2.45) is 0 Å². The predicted molar refractivity (Wildman–Crippen MR) is 81.5 cm³/mol. The van der Waals surface area contributed by atoms with Gasteiger partial charge in [0.1, 0.15) is 0 Å². The average Bonchev–Trinajstić information content (AvgIpc) is 2.64. The van der Waals surface area contributed by atoms with Crippen molar-refractivity contribution in [3.63, 3.8) is 0 Å². The van der Waals surface area contributed by atoms with Gasteiger partial charge in [-0.05, 0) is 38.0 Å². The van der Waals surface area contributed by atoms with Gasteiger partial charge in [-0.3, -0.25) is 10.1 Å². The fraction of sp³-hybridized carbons (Fsp3) is 0.286. The van der Waals surface area contributed by atoms with Gasteiger partial charge in [-0.2, -0.15) is 0 Å². The largest absolute Gasteiger partial charge is 0.487 e. The zero-order valence-corrected chi connectivity index (χ0v) is 12.4. The van der Waals surface area contributed by atoms with Gasteiger partial charge in [-0.25, -0.2) is 0 Å². The van der Waals surface area contributed by atoms with E-state index >= 15 is 0 Å². The number of nitrogen functional groups attached to an aromatic ring is 1. The van der Waals surface area contributed by atoms with Crippen LogP contribution in [0.5, 0.6) is 5.75 Å². The van der Waals surface area contributed by atoms with Gasteiger partial charge in [0.15, 0.2) is 5.75 Å². The lowest BCUT2D eigenvalue weighted by atomic mass is 10.0. The third-order valence-electron chi connectivity index (χ3n) is 3.16. The minimum Gasteiger partial charge on any atom is -0.487 e. The maximum atomic E-state index is 11.2. The standard InChI is InChI=1S/C14H16N2O3S/c1-4-19-12-6-5-10(7-11(12)16(17)18)13-8(2)9(3)20-14(13)15/h5-7H,4,15H2,1-3H3. The van der Waals surface area contributed by atoms with Gasteiger partial charge in [-0.1, -0.05) is 6.07 Å². The molecule has 0 aliphatic heterocycles. The van der Waals surface area contributed by atoms with Crippen LogP contribution in [0.4, 0.5) is 10.7 Å². The molecular formula is C14H16N2O3S. The molecule has 20 heavy (non-hydrogen) atoms. The second-order valence-electron chi connectivity index (χ2n) is 4.40. The maximum Gasteiger partial charge on any atom is 0.311 e. The summed E-state index contributed by atoms with van der Waals surface area (Å²) in [6, 6.07) is 4.96. The first-order chi connectivity index (χ1) is 9.45. The van der Waals surface area contributed by atoms with Gasteiger partial charge in [0.2, 0.25) is 0 Å². The zero-order valence-electron chi connectivity index (χ0n) is 11.6. The van der Waals surface area contributed by atoms with Crippen LogP contribution < -0.4 is 10.5 Å². The van der Waals surface area contributed by atoms with Crippen molar-refractivity contribution >= 4 is 22.0 Å². The van der Waals surface area contributed by atoms with Gasteiger partial charge in [-0.15, -0.1) is 11.3 Å². The molecule has 0 bridgehead atoms. The normalized spacial score (nSPS) is 10.6. The van der Waals surface area contributed by atoms with E-state index in [9.17, 15) is 10.1 Å². The summed E-state index contributed by atoms with van der Waals surface area (Å²) in [6.07, 6.45) is 0. The third kappa shape index (κ3) is 2.46. The van der Waals surface area contributed by atoms with Crippen LogP contribution >= 0.6 is 11.3 Å². The highest BCUT2D eigenvalue weighted by molar-refractivity contribution is 7.16. The summed E-state index contributed by atoms with van der Waals surface area (Å²) in [5.74, 6) is 0.282. The van der Waals surface area contributed by atoms with Crippen LogP contribution in [0.1, 0.15) is 17.4 Å². The van der Waals surface area contributed by atoms with Crippen LogP contribution in [0, 0.1) is 24.0 Å². The molecule has 1 heterocycles. The van der Waals surface area contributed by atoms with Crippen molar-refractivity contribution in [1.82, 2.24) is 0 Å². The van der Waals surface area contributed by atoms with Crippen molar-refractivity contribution in [3.05, 3.63) is 38.8 Å². The minimum atomic E-state index is -0.431. The lowest BCUT2D eigenvalue weighted by molar-refractivity contribution is -0.385. The van der Waals surface area contributed by atoms with Gasteiger partial charge >= 0.3 is 5.69 Å². The zero-order chi connectivity index (χ0) is 14.9. The van der Waals surface area contributed by atoms with Crippen LogP contribution in [0.3, 0.4) is 0 Å². The van der Waals surface area contributed by atoms with Crippen molar-refractivity contribution < 1.29 is 9.66 Å². The molecule has 5 nitrogen and oxygen atoms in total. The second kappa shape index (κ2) is 5.50. The first-order valence-corrected chi connectivity index (χ1v) is 7.04. The molecule has 0 aliphatic carbocycles. The number of nitro benzene ring substituents is 1. The molecule has 0 radical (unpaired) electrons. The lowest BCUT2D eigenvalue weighted by Crippen LogP contribution is -1.98. The minimum absolute atomic E-state index is 0.0352. The van der Waals surface area contributed by atoms with Crippen LogP contribution in [0.25, 0.3) is 11.1 Å². The smallest absolute Gasteiger partial charge is 0.311 e. The van der Waals surface area contributed by atoms with Gasteiger partial charge in [0, 0.05) is 16.5 Å². The van der Waals surface area contributed by atoms with Crippen LogP contribution in [0.2, 0.25) is 0 Å².